The third kappa shape index (κ3) is 9.60. The molecule has 0 spiro atoms. The highest BCUT2D eigenvalue weighted by molar-refractivity contribution is 5.76. The number of nitrogens with zero attached hydrogens (tertiary/aromatic N) is 3. The van der Waals surface area contributed by atoms with Crippen LogP contribution in [0.4, 0.5) is 17.6 Å². The number of nitrogens with one attached hydrogen (secondary N) is 1. The Labute approximate surface area is 170 Å². The minimum absolute atomic E-state index is 0.189. The number of hydrogen-bond acceptors (Lipinski definition) is 3. The molecule has 1 N–H and O–H groups in total. The zero-order chi connectivity index (χ0) is 21.8. The Balaban J connectivity index is 2.62. The summed E-state index contributed by atoms with van der Waals surface area (Å²) in [6.07, 6.45) is 0.789. The number of aromatic nitrogens is 2. The Morgan fingerprint density at radius 1 is 1.07 bits per heavy atom. The predicted octanol–water partition coefficient (Wildman–Crippen LogP) is 4.95. The third-order valence-electron chi connectivity index (χ3n) is 4.67. The second-order valence-corrected chi connectivity index (χ2v) is 7.44. The Hall–Kier alpha value is -1.64. The summed E-state index contributed by atoms with van der Waals surface area (Å²) < 4.78 is 52.2. The Morgan fingerprint density at radius 3 is 2.14 bits per heavy atom. The van der Waals surface area contributed by atoms with E-state index in [-0.39, 0.29) is 6.04 Å². The number of alkyl halides is 4. The van der Waals surface area contributed by atoms with Crippen molar-refractivity contribution in [2.45, 2.75) is 84.7 Å². The third-order valence-corrected chi connectivity index (χ3v) is 4.67. The Kier molecular flexibility index (Phi) is 11.9. The lowest BCUT2D eigenvalue weighted by Crippen LogP contribution is -2.44. The molecule has 0 fully saturated rings. The first-order chi connectivity index (χ1) is 13.8. The summed E-state index contributed by atoms with van der Waals surface area (Å²) >= 11 is 0. The topological polar surface area (TPSA) is 50.2 Å². The summed E-state index contributed by atoms with van der Waals surface area (Å²) in [6, 6.07) is 0.459. The highest BCUT2D eigenvalue weighted by atomic mass is 19.3. The second-order valence-electron chi connectivity index (χ2n) is 7.44. The van der Waals surface area contributed by atoms with E-state index in [4.69, 9.17) is 0 Å². The van der Waals surface area contributed by atoms with E-state index in [2.05, 4.69) is 29.2 Å². The fraction of sp³-hybridized carbons (Fsp3) is 0.800. The largest absolute Gasteiger partial charge is 0.351 e. The van der Waals surface area contributed by atoms with Gasteiger partial charge < -0.3 is 10.2 Å². The molecule has 1 aromatic heterocycles. The first-order valence-electron chi connectivity index (χ1n) is 10.4. The maximum atomic E-state index is 13.0. The summed E-state index contributed by atoms with van der Waals surface area (Å²) in [5.41, 5.74) is -1.43. The van der Waals surface area contributed by atoms with E-state index in [1.54, 1.807) is 0 Å². The molecule has 0 aliphatic heterocycles. The molecular formula is C20H34F4N4O. The number of hydrogen-bond donors (Lipinski definition) is 1. The minimum Gasteiger partial charge on any atom is -0.351 e. The first-order valence-corrected chi connectivity index (χ1v) is 10.4. The van der Waals surface area contributed by atoms with E-state index in [1.807, 2.05) is 6.92 Å². The zero-order valence-corrected chi connectivity index (χ0v) is 17.6. The number of carbonyl (C=O) groups excluding carboxylic acids is 1. The van der Waals surface area contributed by atoms with Crippen LogP contribution in [0.3, 0.4) is 0 Å². The van der Waals surface area contributed by atoms with Crippen LogP contribution in [0.5, 0.6) is 0 Å². The van der Waals surface area contributed by atoms with Gasteiger partial charge in [0.2, 0.25) is 5.91 Å². The molecule has 0 aliphatic rings. The zero-order valence-electron chi connectivity index (χ0n) is 17.6. The van der Waals surface area contributed by atoms with Crippen molar-refractivity contribution in [1.82, 2.24) is 20.0 Å². The number of amides is 1. The number of unbranched alkanes of at least 4 members (excludes halogenated alkanes) is 4. The molecule has 1 rings (SSSR count). The fourth-order valence-corrected chi connectivity index (χ4v) is 3.22. The monoisotopic (exact) mass is 422 g/mol. The number of carbonyl (C=O) groups is 1. The molecule has 1 heterocycles. The maximum Gasteiger partial charge on any atom is 0.282 e. The van der Waals surface area contributed by atoms with Crippen molar-refractivity contribution in [3.8, 4) is 0 Å². The SMILES string of the molecule is CCCCCN(CCCCC)CC(C)NC(=O)Cn1nc(C(F)F)cc1C(F)F. The molecule has 1 unspecified atom stereocenters. The van der Waals surface area contributed by atoms with Gasteiger partial charge in [0.1, 0.15) is 17.9 Å². The van der Waals surface area contributed by atoms with Crippen LogP contribution >= 0.6 is 0 Å². The van der Waals surface area contributed by atoms with Gasteiger partial charge in [0.25, 0.3) is 12.9 Å². The van der Waals surface area contributed by atoms with Crippen LogP contribution in [-0.2, 0) is 11.3 Å². The van der Waals surface area contributed by atoms with Crippen LogP contribution in [0, 0.1) is 0 Å². The van der Waals surface area contributed by atoms with Gasteiger partial charge in [-0.3, -0.25) is 9.48 Å². The Bertz CT molecular complexity index is 585. The summed E-state index contributed by atoms with van der Waals surface area (Å²) in [5, 5.41) is 6.22. The van der Waals surface area contributed by atoms with Crippen molar-refractivity contribution < 1.29 is 22.4 Å². The van der Waals surface area contributed by atoms with Crippen molar-refractivity contribution >= 4 is 5.91 Å². The van der Waals surface area contributed by atoms with E-state index in [9.17, 15) is 22.4 Å². The summed E-state index contributed by atoms with van der Waals surface area (Å²) in [6.45, 7) is 8.19. The molecule has 5 nitrogen and oxygen atoms in total. The first kappa shape index (κ1) is 25.4. The lowest BCUT2D eigenvalue weighted by Gasteiger charge is -2.26. The molecule has 1 atom stereocenters. The number of halogens is 4. The van der Waals surface area contributed by atoms with Gasteiger partial charge in [-0.25, -0.2) is 17.6 Å². The summed E-state index contributed by atoms with van der Waals surface area (Å²) in [7, 11) is 0. The maximum absolute atomic E-state index is 13.0. The van der Waals surface area contributed by atoms with E-state index in [1.165, 1.54) is 0 Å². The molecule has 1 aromatic rings. The van der Waals surface area contributed by atoms with E-state index >= 15 is 0 Å². The lowest BCUT2D eigenvalue weighted by atomic mass is 10.2. The second kappa shape index (κ2) is 13.6. The van der Waals surface area contributed by atoms with Crippen LogP contribution in [0.2, 0.25) is 0 Å². The van der Waals surface area contributed by atoms with Gasteiger partial charge in [0.15, 0.2) is 0 Å². The summed E-state index contributed by atoms with van der Waals surface area (Å²) in [5.74, 6) is -0.523. The van der Waals surface area contributed by atoms with Crippen LogP contribution < -0.4 is 5.32 Å². The Morgan fingerprint density at radius 2 is 1.66 bits per heavy atom. The fourth-order valence-electron chi connectivity index (χ4n) is 3.22. The average Bonchev–Trinajstić information content (AvgIpc) is 3.06. The molecule has 168 valence electrons. The lowest BCUT2D eigenvalue weighted by molar-refractivity contribution is -0.122. The van der Waals surface area contributed by atoms with Crippen LogP contribution in [0.15, 0.2) is 6.07 Å². The van der Waals surface area contributed by atoms with Crippen LogP contribution in [-0.4, -0.2) is 46.3 Å². The van der Waals surface area contributed by atoms with Gasteiger partial charge >= 0.3 is 0 Å². The summed E-state index contributed by atoms with van der Waals surface area (Å²) in [4.78, 5) is 14.6. The predicted molar refractivity (Wildman–Crippen MR) is 105 cm³/mol. The molecule has 0 aromatic carbocycles. The molecule has 0 bridgehead atoms. The van der Waals surface area contributed by atoms with Crippen LogP contribution in [0.25, 0.3) is 0 Å². The van der Waals surface area contributed by atoms with E-state index in [0.717, 1.165) is 51.6 Å². The average molecular weight is 423 g/mol. The molecule has 0 saturated carbocycles. The van der Waals surface area contributed by atoms with Crippen molar-refractivity contribution in [2.75, 3.05) is 19.6 Å². The number of rotatable bonds is 15. The van der Waals surface area contributed by atoms with Crippen molar-refractivity contribution in [3.63, 3.8) is 0 Å². The van der Waals surface area contributed by atoms with Gasteiger partial charge in [-0.2, -0.15) is 5.10 Å². The van der Waals surface area contributed by atoms with Crippen molar-refractivity contribution in [3.05, 3.63) is 17.5 Å². The molecule has 0 saturated heterocycles. The molecule has 9 heteroatoms. The molecule has 0 aliphatic carbocycles. The van der Waals surface area contributed by atoms with Crippen LogP contribution in [0.1, 0.15) is 83.5 Å². The van der Waals surface area contributed by atoms with Gasteiger partial charge in [-0.1, -0.05) is 39.5 Å². The highest BCUT2D eigenvalue weighted by Gasteiger charge is 2.23. The highest BCUT2D eigenvalue weighted by Crippen LogP contribution is 2.24. The van der Waals surface area contributed by atoms with E-state index in [0.29, 0.717) is 17.3 Å². The smallest absolute Gasteiger partial charge is 0.282 e. The van der Waals surface area contributed by atoms with Crippen molar-refractivity contribution in [2.24, 2.45) is 0 Å². The minimum atomic E-state index is -2.98. The van der Waals surface area contributed by atoms with E-state index < -0.39 is 36.7 Å². The molecule has 29 heavy (non-hydrogen) atoms. The standard InChI is InChI=1S/C20H34F4N4O/c1-4-6-8-10-27(11-9-7-5-2)13-15(3)25-18(29)14-28-17(20(23)24)12-16(26-28)19(21)22/h12,15,19-20H,4-11,13-14H2,1-3H3,(H,25,29). The molecular weight excluding hydrogens is 388 g/mol. The normalized spacial score (nSPS) is 12.9. The van der Waals surface area contributed by atoms with Gasteiger partial charge in [-0.05, 0) is 38.9 Å². The molecule has 0 radical (unpaired) electrons. The van der Waals surface area contributed by atoms with Gasteiger partial charge in [0, 0.05) is 12.6 Å². The quantitative estimate of drug-likeness (QED) is 0.322. The molecule has 1 amide bonds. The van der Waals surface area contributed by atoms with Gasteiger partial charge in [-0.15, -0.1) is 0 Å². The van der Waals surface area contributed by atoms with Crippen molar-refractivity contribution in [1.29, 1.82) is 0 Å². The van der Waals surface area contributed by atoms with Gasteiger partial charge in [0.05, 0.1) is 0 Å².